The van der Waals surface area contributed by atoms with Gasteiger partial charge in [-0.1, -0.05) is 30.3 Å². The third-order valence-electron chi connectivity index (χ3n) is 3.22. The first-order valence-electron chi connectivity index (χ1n) is 6.73. The van der Waals surface area contributed by atoms with Crippen molar-refractivity contribution in [3.63, 3.8) is 0 Å². The smallest absolute Gasteiger partial charge is 0.170 e. The van der Waals surface area contributed by atoms with E-state index in [2.05, 4.69) is 5.43 Å². The summed E-state index contributed by atoms with van der Waals surface area (Å²) in [5.41, 5.74) is 3.83. The Kier molecular flexibility index (Phi) is 5.14. The van der Waals surface area contributed by atoms with Gasteiger partial charge in [0.05, 0.1) is 19.8 Å². The highest BCUT2D eigenvalue weighted by atomic mass is 19.1. The van der Waals surface area contributed by atoms with Crippen LogP contribution in [0.15, 0.2) is 42.5 Å². The van der Waals surface area contributed by atoms with Crippen LogP contribution in [0.2, 0.25) is 0 Å². The Morgan fingerprint density at radius 2 is 1.76 bits per heavy atom. The summed E-state index contributed by atoms with van der Waals surface area (Å²) in [6.07, 6.45) is 0. The molecule has 3 N–H and O–H groups in total. The van der Waals surface area contributed by atoms with Gasteiger partial charge in [0.2, 0.25) is 0 Å². The van der Waals surface area contributed by atoms with Crippen molar-refractivity contribution < 1.29 is 13.9 Å². The van der Waals surface area contributed by atoms with Crippen molar-refractivity contribution >= 4 is 0 Å². The standard InChI is InChI=1S/C16H19FN2O2/c1-3-21-13-9-5-4-7-11(13)16(19-18)12-8-6-10-14(20-2)15(12)17/h4-10,16,19H,3,18H2,1-2H3. The lowest BCUT2D eigenvalue weighted by Gasteiger charge is -2.21. The molecule has 1 unspecified atom stereocenters. The predicted octanol–water partition coefficient (Wildman–Crippen LogP) is 2.79. The molecule has 0 radical (unpaired) electrons. The normalized spacial score (nSPS) is 12.0. The fourth-order valence-electron chi connectivity index (χ4n) is 2.26. The number of nitrogens with two attached hydrogens (primary N) is 1. The van der Waals surface area contributed by atoms with E-state index < -0.39 is 11.9 Å². The lowest BCUT2D eigenvalue weighted by atomic mass is 9.97. The second-order valence-corrected chi connectivity index (χ2v) is 4.43. The number of methoxy groups -OCH3 is 1. The summed E-state index contributed by atoms with van der Waals surface area (Å²) in [4.78, 5) is 0. The van der Waals surface area contributed by atoms with Gasteiger partial charge in [-0.2, -0.15) is 0 Å². The van der Waals surface area contributed by atoms with E-state index in [-0.39, 0.29) is 5.75 Å². The lowest BCUT2D eigenvalue weighted by Crippen LogP contribution is -2.30. The maximum atomic E-state index is 14.5. The molecule has 0 amide bonds. The van der Waals surface area contributed by atoms with E-state index in [4.69, 9.17) is 15.3 Å². The largest absolute Gasteiger partial charge is 0.494 e. The van der Waals surface area contributed by atoms with E-state index in [1.807, 2.05) is 31.2 Å². The fraction of sp³-hybridized carbons (Fsp3) is 0.250. The van der Waals surface area contributed by atoms with Crippen LogP contribution in [0.1, 0.15) is 24.1 Å². The summed E-state index contributed by atoms with van der Waals surface area (Å²) in [6.45, 7) is 2.42. The first kappa shape index (κ1) is 15.3. The van der Waals surface area contributed by atoms with Gasteiger partial charge in [-0.05, 0) is 19.1 Å². The summed E-state index contributed by atoms with van der Waals surface area (Å²) in [5.74, 6) is 6.07. The van der Waals surface area contributed by atoms with Gasteiger partial charge < -0.3 is 9.47 Å². The summed E-state index contributed by atoms with van der Waals surface area (Å²) in [5, 5.41) is 0. The van der Waals surface area contributed by atoms with E-state index in [9.17, 15) is 4.39 Å². The van der Waals surface area contributed by atoms with Crippen molar-refractivity contribution in [3.8, 4) is 11.5 Å². The highest BCUT2D eigenvalue weighted by molar-refractivity contribution is 5.44. The Morgan fingerprint density at radius 3 is 2.43 bits per heavy atom. The molecule has 0 aromatic heterocycles. The minimum absolute atomic E-state index is 0.182. The summed E-state index contributed by atoms with van der Waals surface area (Å²) >= 11 is 0. The second-order valence-electron chi connectivity index (χ2n) is 4.43. The Balaban J connectivity index is 2.50. The number of ether oxygens (including phenoxy) is 2. The van der Waals surface area contributed by atoms with Gasteiger partial charge in [-0.3, -0.25) is 5.84 Å². The highest BCUT2D eigenvalue weighted by Crippen LogP contribution is 2.33. The zero-order chi connectivity index (χ0) is 15.2. The molecule has 0 aliphatic carbocycles. The number of halogens is 1. The second kappa shape index (κ2) is 7.06. The highest BCUT2D eigenvalue weighted by Gasteiger charge is 2.22. The number of rotatable bonds is 6. The van der Waals surface area contributed by atoms with Crippen LogP contribution in [-0.2, 0) is 0 Å². The molecule has 5 heteroatoms. The number of benzene rings is 2. The monoisotopic (exact) mass is 290 g/mol. The molecule has 0 bridgehead atoms. The van der Waals surface area contributed by atoms with Crippen molar-refractivity contribution in [2.75, 3.05) is 13.7 Å². The van der Waals surface area contributed by atoms with Crippen LogP contribution in [0.3, 0.4) is 0 Å². The molecule has 0 fully saturated rings. The van der Waals surface area contributed by atoms with Gasteiger partial charge in [0.1, 0.15) is 5.75 Å². The number of hydrogen-bond acceptors (Lipinski definition) is 4. The predicted molar refractivity (Wildman–Crippen MR) is 79.7 cm³/mol. The van der Waals surface area contributed by atoms with E-state index in [1.165, 1.54) is 7.11 Å². The minimum Gasteiger partial charge on any atom is -0.494 e. The molecular weight excluding hydrogens is 271 g/mol. The molecule has 0 spiro atoms. The van der Waals surface area contributed by atoms with E-state index in [1.54, 1.807) is 18.2 Å². The molecule has 1 atom stereocenters. The fourth-order valence-corrected chi connectivity index (χ4v) is 2.26. The van der Waals surface area contributed by atoms with Crippen LogP contribution in [-0.4, -0.2) is 13.7 Å². The van der Waals surface area contributed by atoms with Crippen molar-refractivity contribution in [1.29, 1.82) is 0 Å². The molecule has 0 saturated carbocycles. The van der Waals surface area contributed by atoms with Gasteiger partial charge >= 0.3 is 0 Å². The summed E-state index contributed by atoms with van der Waals surface area (Å²) < 4.78 is 25.1. The van der Waals surface area contributed by atoms with Gasteiger partial charge in [0, 0.05) is 11.1 Å². The maximum absolute atomic E-state index is 14.5. The topological polar surface area (TPSA) is 56.5 Å². The van der Waals surface area contributed by atoms with Crippen LogP contribution in [0.5, 0.6) is 11.5 Å². The van der Waals surface area contributed by atoms with Crippen LogP contribution in [0.25, 0.3) is 0 Å². The molecule has 112 valence electrons. The molecule has 0 aliphatic heterocycles. The molecular formula is C16H19FN2O2. The van der Waals surface area contributed by atoms with Crippen molar-refractivity contribution in [2.45, 2.75) is 13.0 Å². The quantitative estimate of drug-likeness (QED) is 0.634. The molecule has 4 nitrogen and oxygen atoms in total. The van der Waals surface area contributed by atoms with Gasteiger partial charge in [0.15, 0.2) is 11.6 Å². The van der Waals surface area contributed by atoms with Crippen molar-refractivity contribution in [2.24, 2.45) is 5.84 Å². The van der Waals surface area contributed by atoms with Crippen LogP contribution in [0, 0.1) is 5.82 Å². The molecule has 2 rings (SSSR count). The van der Waals surface area contributed by atoms with Crippen molar-refractivity contribution in [3.05, 3.63) is 59.4 Å². The lowest BCUT2D eigenvalue weighted by molar-refractivity contribution is 0.332. The first-order valence-corrected chi connectivity index (χ1v) is 6.73. The molecule has 2 aromatic carbocycles. The molecule has 21 heavy (non-hydrogen) atoms. The zero-order valence-electron chi connectivity index (χ0n) is 12.1. The van der Waals surface area contributed by atoms with Crippen molar-refractivity contribution in [1.82, 2.24) is 5.43 Å². The van der Waals surface area contributed by atoms with Crippen LogP contribution < -0.4 is 20.7 Å². The molecule has 0 heterocycles. The number of para-hydroxylation sites is 1. The maximum Gasteiger partial charge on any atom is 0.170 e. The zero-order valence-corrected chi connectivity index (χ0v) is 12.1. The van der Waals surface area contributed by atoms with E-state index in [0.717, 1.165) is 5.56 Å². The number of hydrogen-bond donors (Lipinski definition) is 2. The summed E-state index contributed by atoms with van der Waals surface area (Å²) in [6, 6.07) is 11.9. The third kappa shape index (κ3) is 3.15. The SMILES string of the molecule is CCOc1ccccc1C(NN)c1cccc(OC)c1F. The molecule has 0 saturated heterocycles. The Morgan fingerprint density at radius 1 is 1.10 bits per heavy atom. The number of hydrazine groups is 1. The van der Waals surface area contributed by atoms with Crippen LogP contribution >= 0.6 is 0 Å². The van der Waals surface area contributed by atoms with Gasteiger partial charge in [-0.15, -0.1) is 0 Å². The Labute approximate surface area is 123 Å². The van der Waals surface area contributed by atoms with E-state index in [0.29, 0.717) is 17.9 Å². The molecule has 2 aromatic rings. The number of nitrogens with one attached hydrogen (secondary N) is 1. The Bertz CT molecular complexity index is 605. The average Bonchev–Trinajstić information content (AvgIpc) is 2.51. The van der Waals surface area contributed by atoms with Crippen LogP contribution in [0.4, 0.5) is 4.39 Å². The minimum atomic E-state index is -0.525. The first-order chi connectivity index (χ1) is 10.2. The van der Waals surface area contributed by atoms with Gasteiger partial charge in [0.25, 0.3) is 0 Å². The Hall–Kier alpha value is -2.11. The van der Waals surface area contributed by atoms with E-state index >= 15 is 0 Å². The average molecular weight is 290 g/mol. The summed E-state index contributed by atoms with van der Waals surface area (Å²) in [7, 11) is 1.43. The molecule has 0 aliphatic rings. The third-order valence-corrected chi connectivity index (χ3v) is 3.22. The van der Waals surface area contributed by atoms with Gasteiger partial charge in [-0.25, -0.2) is 9.82 Å².